The van der Waals surface area contributed by atoms with Crippen LogP contribution in [-0.2, 0) is 9.47 Å². The van der Waals surface area contributed by atoms with E-state index in [0.29, 0.717) is 34.8 Å². The van der Waals surface area contributed by atoms with Gasteiger partial charge in [-0.05, 0) is 67.2 Å². The van der Waals surface area contributed by atoms with Crippen molar-refractivity contribution in [3.05, 3.63) is 71.8 Å². The molecule has 5 rings (SSSR count). The Hall–Kier alpha value is -2.62. The van der Waals surface area contributed by atoms with Crippen molar-refractivity contribution < 1.29 is 19.1 Å². The van der Waals surface area contributed by atoms with E-state index in [1.165, 1.54) is 6.42 Å². The highest BCUT2D eigenvalue weighted by Gasteiger charge is 2.78. The summed E-state index contributed by atoms with van der Waals surface area (Å²) in [6.45, 7) is 9.04. The van der Waals surface area contributed by atoms with E-state index in [0.717, 1.165) is 19.3 Å². The normalized spacial score (nSPS) is 33.8. The molecule has 6 unspecified atom stereocenters. The van der Waals surface area contributed by atoms with Crippen molar-refractivity contribution in [2.75, 3.05) is 0 Å². The Morgan fingerprint density at radius 1 is 0.706 bits per heavy atom. The number of esters is 2. The van der Waals surface area contributed by atoms with Gasteiger partial charge in [-0.25, -0.2) is 9.59 Å². The number of hydrogen-bond acceptors (Lipinski definition) is 4. The minimum Gasteiger partial charge on any atom is -0.454 e. The quantitative estimate of drug-likeness (QED) is 0.458. The topological polar surface area (TPSA) is 52.6 Å². The molecule has 0 heterocycles. The summed E-state index contributed by atoms with van der Waals surface area (Å²) in [5.74, 6) is 0.963. The summed E-state index contributed by atoms with van der Waals surface area (Å²) in [5, 5.41) is 0. The van der Waals surface area contributed by atoms with Crippen LogP contribution in [0.5, 0.6) is 0 Å². The Labute approximate surface area is 203 Å². The van der Waals surface area contributed by atoms with E-state index in [9.17, 15) is 9.59 Å². The lowest BCUT2D eigenvalue weighted by Gasteiger charge is -2.50. The van der Waals surface area contributed by atoms with Crippen molar-refractivity contribution in [3.63, 3.8) is 0 Å². The van der Waals surface area contributed by atoms with Gasteiger partial charge in [0.2, 0.25) is 0 Å². The van der Waals surface area contributed by atoms with E-state index in [2.05, 4.69) is 27.7 Å². The van der Waals surface area contributed by atoms with E-state index in [1.54, 1.807) is 24.3 Å². The summed E-state index contributed by atoms with van der Waals surface area (Å²) in [6.07, 6.45) is 3.57. The summed E-state index contributed by atoms with van der Waals surface area (Å²) >= 11 is 0. The number of ether oxygens (including phenoxy) is 2. The van der Waals surface area contributed by atoms with Gasteiger partial charge in [-0.3, -0.25) is 0 Å². The third-order valence-corrected chi connectivity index (χ3v) is 9.48. The van der Waals surface area contributed by atoms with Gasteiger partial charge in [0.15, 0.2) is 0 Å². The second-order valence-corrected chi connectivity index (χ2v) is 11.2. The first-order valence-electron chi connectivity index (χ1n) is 12.8. The lowest BCUT2D eigenvalue weighted by atomic mass is 9.59. The number of carbonyl (C=O) groups is 2. The summed E-state index contributed by atoms with van der Waals surface area (Å²) in [7, 11) is 0. The molecule has 180 valence electrons. The smallest absolute Gasteiger partial charge is 0.338 e. The van der Waals surface area contributed by atoms with Gasteiger partial charge >= 0.3 is 11.9 Å². The third-order valence-electron chi connectivity index (χ3n) is 9.48. The van der Waals surface area contributed by atoms with Crippen LogP contribution in [0.15, 0.2) is 60.7 Å². The molecule has 0 saturated heterocycles. The molecule has 0 spiro atoms. The molecule has 0 radical (unpaired) electrons. The highest BCUT2D eigenvalue weighted by molar-refractivity contribution is 5.90. The van der Waals surface area contributed by atoms with Crippen LogP contribution >= 0.6 is 0 Å². The second-order valence-electron chi connectivity index (χ2n) is 11.2. The zero-order valence-electron chi connectivity index (χ0n) is 20.7. The molecular formula is C30H36O4. The highest BCUT2D eigenvalue weighted by atomic mass is 16.6. The Bertz CT molecular complexity index is 962. The average Bonchev–Trinajstić information content (AvgIpc) is 3.51. The van der Waals surface area contributed by atoms with Crippen LogP contribution in [-0.4, -0.2) is 24.1 Å². The second kappa shape index (κ2) is 8.55. The lowest BCUT2D eigenvalue weighted by Crippen LogP contribution is -2.57. The number of hydrogen-bond donors (Lipinski definition) is 0. The van der Waals surface area contributed by atoms with Gasteiger partial charge in [-0.2, -0.15) is 0 Å². The molecule has 2 aromatic carbocycles. The minimum atomic E-state index is -0.449. The van der Waals surface area contributed by atoms with Crippen molar-refractivity contribution in [2.24, 2.45) is 34.5 Å². The minimum absolute atomic E-state index is 0.183. The fourth-order valence-corrected chi connectivity index (χ4v) is 8.01. The maximum Gasteiger partial charge on any atom is 0.338 e. The summed E-state index contributed by atoms with van der Waals surface area (Å²) in [5.41, 5.74) is 0.715. The van der Waals surface area contributed by atoms with Crippen LogP contribution in [0.3, 0.4) is 0 Å². The fourth-order valence-electron chi connectivity index (χ4n) is 8.01. The molecule has 0 aromatic heterocycles. The predicted molar refractivity (Wildman–Crippen MR) is 131 cm³/mol. The molecule has 34 heavy (non-hydrogen) atoms. The van der Waals surface area contributed by atoms with Gasteiger partial charge < -0.3 is 9.47 Å². The molecule has 0 aliphatic heterocycles. The van der Waals surface area contributed by atoms with E-state index >= 15 is 0 Å². The Morgan fingerprint density at radius 3 is 1.44 bits per heavy atom. The van der Waals surface area contributed by atoms with Crippen molar-refractivity contribution in [3.8, 4) is 0 Å². The van der Waals surface area contributed by atoms with Crippen LogP contribution in [0, 0.1) is 34.5 Å². The first-order valence-corrected chi connectivity index (χ1v) is 12.8. The van der Waals surface area contributed by atoms with Crippen LogP contribution in [0.25, 0.3) is 0 Å². The van der Waals surface area contributed by atoms with E-state index in [1.807, 2.05) is 36.4 Å². The Balaban J connectivity index is 1.59. The SMILES string of the molecule is CC(C)C12CC(C(C)C)(C3CCCC31)C(OC(=O)c1ccccc1)C2OC(=O)c1ccccc1. The Kier molecular flexibility index (Phi) is 5.82. The molecule has 3 aliphatic rings. The monoisotopic (exact) mass is 460 g/mol. The zero-order chi connectivity index (χ0) is 24.1. The zero-order valence-corrected chi connectivity index (χ0v) is 20.7. The van der Waals surface area contributed by atoms with Crippen LogP contribution in [0.2, 0.25) is 0 Å². The number of carbonyl (C=O) groups excluding carboxylic acids is 2. The predicted octanol–water partition coefficient (Wildman–Crippen LogP) is 6.56. The molecule has 4 heteroatoms. The maximum absolute atomic E-state index is 13.3. The molecule has 3 aliphatic carbocycles. The van der Waals surface area contributed by atoms with Gasteiger partial charge in [0, 0.05) is 10.8 Å². The van der Waals surface area contributed by atoms with Crippen molar-refractivity contribution in [2.45, 2.75) is 65.6 Å². The van der Waals surface area contributed by atoms with E-state index < -0.39 is 12.2 Å². The number of rotatable bonds is 6. The van der Waals surface area contributed by atoms with Gasteiger partial charge in [0.25, 0.3) is 0 Å². The standard InChI is InChI=1S/C30H36O4/c1-19(2)29-18-30(20(3)4,24-17-11-16-23(24)29)26(34-28(32)22-14-9-6-10-15-22)25(29)33-27(31)21-12-7-5-8-13-21/h5-10,12-15,19-20,23-26H,11,16-18H2,1-4H3. The van der Waals surface area contributed by atoms with Crippen LogP contribution in [0.4, 0.5) is 0 Å². The fraction of sp³-hybridized carbons (Fsp3) is 0.533. The van der Waals surface area contributed by atoms with Gasteiger partial charge in [0.1, 0.15) is 12.2 Å². The summed E-state index contributed by atoms with van der Waals surface area (Å²) in [4.78, 5) is 26.7. The molecule has 3 fully saturated rings. The maximum atomic E-state index is 13.3. The van der Waals surface area contributed by atoms with Crippen LogP contribution < -0.4 is 0 Å². The lowest BCUT2D eigenvalue weighted by molar-refractivity contribution is -0.149. The molecule has 2 aromatic rings. The van der Waals surface area contributed by atoms with E-state index in [4.69, 9.17) is 9.47 Å². The summed E-state index contributed by atoms with van der Waals surface area (Å²) in [6, 6.07) is 18.4. The van der Waals surface area contributed by atoms with Gasteiger partial charge in [-0.15, -0.1) is 0 Å². The molecule has 3 saturated carbocycles. The molecular weight excluding hydrogens is 424 g/mol. The van der Waals surface area contributed by atoms with Crippen molar-refractivity contribution in [1.29, 1.82) is 0 Å². The first-order chi connectivity index (χ1) is 16.3. The van der Waals surface area contributed by atoms with Gasteiger partial charge in [0.05, 0.1) is 11.1 Å². The van der Waals surface area contributed by atoms with Crippen molar-refractivity contribution >= 4 is 11.9 Å². The van der Waals surface area contributed by atoms with Crippen LogP contribution in [0.1, 0.15) is 74.1 Å². The summed E-state index contributed by atoms with van der Waals surface area (Å²) < 4.78 is 12.8. The molecule has 0 N–H and O–H groups in total. The highest BCUT2D eigenvalue weighted by Crippen LogP contribution is 2.76. The average molecular weight is 461 g/mol. The first kappa shape index (κ1) is 23.1. The molecule has 2 bridgehead atoms. The molecule has 4 nitrogen and oxygen atoms in total. The molecule has 6 atom stereocenters. The number of fused-ring (bicyclic) bond motifs is 5. The molecule has 0 amide bonds. The van der Waals surface area contributed by atoms with E-state index in [-0.39, 0.29) is 22.8 Å². The van der Waals surface area contributed by atoms with Gasteiger partial charge in [-0.1, -0.05) is 70.5 Å². The number of benzene rings is 2. The Morgan fingerprint density at radius 2 is 1.09 bits per heavy atom. The van der Waals surface area contributed by atoms with Crippen molar-refractivity contribution in [1.82, 2.24) is 0 Å². The largest absolute Gasteiger partial charge is 0.454 e. The third kappa shape index (κ3) is 3.25.